The fourth-order valence-corrected chi connectivity index (χ4v) is 2.52. The summed E-state index contributed by atoms with van der Waals surface area (Å²) in [7, 11) is 2.11. The summed E-state index contributed by atoms with van der Waals surface area (Å²) < 4.78 is 4.95. The number of oxazole rings is 1. The third-order valence-corrected chi connectivity index (χ3v) is 3.75. The van der Waals surface area contributed by atoms with Gasteiger partial charge in [-0.3, -0.25) is 0 Å². The van der Waals surface area contributed by atoms with E-state index in [-0.39, 0.29) is 5.76 Å². The van der Waals surface area contributed by atoms with Gasteiger partial charge < -0.3 is 19.3 Å². The highest BCUT2D eigenvalue weighted by atomic mass is 16.4. The first-order valence-electron chi connectivity index (χ1n) is 6.86. The number of piperazine rings is 1. The van der Waals surface area contributed by atoms with Crippen molar-refractivity contribution >= 4 is 11.7 Å². The fourth-order valence-electron chi connectivity index (χ4n) is 2.52. The summed E-state index contributed by atoms with van der Waals surface area (Å²) in [4.78, 5) is 19.7. The molecule has 1 aliphatic heterocycles. The predicted molar refractivity (Wildman–Crippen MR) is 78.6 cm³/mol. The molecule has 3 rings (SSSR count). The van der Waals surface area contributed by atoms with Crippen molar-refractivity contribution in [3.63, 3.8) is 0 Å². The SMILES string of the molecule is CN1CCN(c2cccc(-c3ncoc3C(=O)O)c2)CC1. The number of likely N-dealkylation sites (N-methyl/N-ethyl adjacent to an activating group) is 1. The van der Waals surface area contributed by atoms with E-state index in [2.05, 4.69) is 21.8 Å². The molecule has 1 saturated heterocycles. The summed E-state index contributed by atoms with van der Waals surface area (Å²) in [5, 5.41) is 9.11. The van der Waals surface area contributed by atoms with Crippen LogP contribution >= 0.6 is 0 Å². The quantitative estimate of drug-likeness (QED) is 0.928. The number of hydrogen-bond donors (Lipinski definition) is 1. The molecule has 1 aliphatic rings. The van der Waals surface area contributed by atoms with Gasteiger partial charge in [-0.05, 0) is 19.2 Å². The summed E-state index contributed by atoms with van der Waals surface area (Å²) in [6.45, 7) is 3.97. The highest BCUT2D eigenvalue weighted by molar-refractivity contribution is 5.91. The second kappa shape index (κ2) is 5.57. The maximum Gasteiger partial charge on any atom is 0.374 e. The molecule has 2 aromatic rings. The van der Waals surface area contributed by atoms with Crippen LogP contribution in [0.1, 0.15) is 10.6 Å². The average Bonchev–Trinajstić information content (AvgIpc) is 2.98. The van der Waals surface area contributed by atoms with Gasteiger partial charge >= 0.3 is 5.97 Å². The number of aromatic nitrogens is 1. The van der Waals surface area contributed by atoms with E-state index in [4.69, 9.17) is 9.52 Å². The van der Waals surface area contributed by atoms with Crippen molar-refractivity contribution < 1.29 is 14.3 Å². The first kappa shape index (κ1) is 13.6. The van der Waals surface area contributed by atoms with Crippen molar-refractivity contribution in [1.82, 2.24) is 9.88 Å². The smallest absolute Gasteiger partial charge is 0.374 e. The summed E-state index contributed by atoms with van der Waals surface area (Å²) in [5.41, 5.74) is 2.22. The summed E-state index contributed by atoms with van der Waals surface area (Å²) in [6.07, 6.45) is 1.17. The molecule has 1 N–H and O–H groups in total. The number of carboxylic acid groups (broad SMARTS) is 1. The number of anilines is 1. The van der Waals surface area contributed by atoms with Crippen molar-refractivity contribution in [1.29, 1.82) is 0 Å². The molecule has 0 saturated carbocycles. The van der Waals surface area contributed by atoms with E-state index in [1.807, 2.05) is 24.3 Å². The summed E-state index contributed by atoms with van der Waals surface area (Å²) in [5.74, 6) is -1.22. The highest BCUT2D eigenvalue weighted by Gasteiger charge is 2.19. The first-order valence-corrected chi connectivity index (χ1v) is 6.86. The lowest BCUT2D eigenvalue weighted by Gasteiger charge is -2.34. The normalized spacial score (nSPS) is 16.1. The predicted octanol–water partition coefficient (Wildman–Crippen LogP) is 1.79. The maximum absolute atomic E-state index is 11.1. The van der Waals surface area contributed by atoms with Gasteiger partial charge in [0.15, 0.2) is 6.39 Å². The zero-order chi connectivity index (χ0) is 14.8. The van der Waals surface area contributed by atoms with Crippen LogP contribution in [0.2, 0.25) is 0 Å². The van der Waals surface area contributed by atoms with Gasteiger partial charge in [0.2, 0.25) is 5.76 Å². The van der Waals surface area contributed by atoms with Crippen molar-refractivity contribution in [3.05, 3.63) is 36.4 Å². The van der Waals surface area contributed by atoms with Crippen LogP contribution in [-0.2, 0) is 0 Å². The van der Waals surface area contributed by atoms with Crippen LogP contribution < -0.4 is 4.90 Å². The highest BCUT2D eigenvalue weighted by Crippen LogP contribution is 2.27. The van der Waals surface area contributed by atoms with E-state index in [1.165, 1.54) is 6.39 Å². The molecule has 0 bridgehead atoms. The lowest BCUT2D eigenvalue weighted by molar-refractivity contribution is 0.0663. The molecule has 0 amide bonds. The standard InChI is InChI=1S/C15H17N3O3/c1-17-5-7-18(8-6-17)12-4-2-3-11(9-12)13-14(15(19)20)21-10-16-13/h2-4,9-10H,5-8H2,1H3,(H,19,20). The minimum atomic E-state index is -1.10. The van der Waals surface area contributed by atoms with Crippen LogP contribution in [0.15, 0.2) is 35.1 Å². The Morgan fingerprint density at radius 1 is 1.29 bits per heavy atom. The molecule has 0 spiro atoms. The summed E-state index contributed by atoms with van der Waals surface area (Å²) in [6, 6.07) is 7.78. The third-order valence-electron chi connectivity index (χ3n) is 3.75. The van der Waals surface area contributed by atoms with Crippen molar-refractivity contribution in [2.75, 3.05) is 38.1 Å². The van der Waals surface area contributed by atoms with Crippen LogP contribution in [0.5, 0.6) is 0 Å². The number of rotatable bonds is 3. The lowest BCUT2D eigenvalue weighted by Crippen LogP contribution is -2.44. The molecule has 21 heavy (non-hydrogen) atoms. The molecule has 0 unspecified atom stereocenters. The van der Waals surface area contributed by atoms with Crippen molar-refractivity contribution in [3.8, 4) is 11.3 Å². The van der Waals surface area contributed by atoms with Gasteiger partial charge in [0.1, 0.15) is 5.69 Å². The number of carboxylic acids is 1. The Kier molecular flexibility index (Phi) is 3.62. The first-order chi connectivity index (χ1) is 10.1. The number of benzene rings is 1. The maximum atomic E-state index is 11.1. The van der Waals surface area contributed by atoms with Gasteiger partial charge in [0.25, 0.3) is 0 Å². The zero-order valence-electron chi connectivity index (χ0n) is 11.8. The Bertz CT molecular complexity index is 645. The fraction of sp³-hybridized carbons (Fsp3) is 0.333. The molecule has 0 aliphatic carbocycles. The number of hydrogen-bond acceptors (Lipinski definition) is 5. The molecule has 0 radical (unpaired) electrons. The van der Waals surface area contributed by atoms with Gasteiger partial charge in [0.05, 0.1) is 0 Å². The lowest BCUT2D eigenvalue weighted by atomic mass is 10.1. The zero-order valence-corrected chi connectivity index (χ0v) is 11.8. The molecular weight excluding hydrogens is 270 g/mol. The van der Waals surface area contributed by atoms with Gasteiger partial charge in [-0.1, -0.05) is 12.1 Å². The number of carbonyl (C=O) groups is 1. The molecule has 1 aromatic heterocycles. The second-order valence-electron chi connectivity index (χ2n) is 5.18. The van der Waals surface area contributed by atoms with E-state index in [0.29, 0.717) is 5.69 Å². The van der Waals surface area contributed by atoms with Gasteiger partial charge in [0, 0.05) is 37.4 Å². The van der Waals surface area contributed by atoms with Gasteiger partial charge in [-0.15, -0.1) is 0 Å². The minimum absolute atomic E-state index is 0.120. The third kappa shape index (κ3) is 2.75. The second-order valence-corrected chi connectivity index (χ2v) is 5.18. The van der Waals surface area contributed by atoms with E-state index >= 15 is 0 Å². The molecule has 110 valence electrons. The molecule has 6 heteroatoms. The van der Waals surface area contributed by atoms with Crippen LogP contribution in [-0.4, -0.2) is 54.2 Å². The van der Waals surface area contributed by atoms with Gasteiger partial charge in [-0.25, -0.2) is 9.78 Å². The van der Waals surface area contributed by atoms with E-state index < -0.39 is 5.97 Å². The van der Waals surface area contributed by atoms with E-state index in [9.17, 15) is 4.79 Å². The monoisotopic (exact) mass is 287 g/mol. The van der Waals surface area contributed by atoms with Crippen LogP contribution in [0.4, 0.5) is 5.69 Å². The van der Waals surface area contributed by atoms with Crippen LogP contribution in [0.25, 0.3) is 11.3 Å². The Morgan fingerprint density at radius 3 is 2.76 bits per heavy atom. The number of aromatic carboxylic acids is 1. The molecule has 0 atom stereocenters. The van der Waals surface area contributed by atoms with E-state index in [0.717, 1.165) is 37.4 Å². The molecule has 6 nitrogen and oxygen atoms in total. The topological polar surface area (TPSA) is 69.8 Å². The summed E-state index contributed by atoms with van der Waals surface area (Å²) >= 11 is 0. The van der Waals surface area contributed by atoms with Crippen LogP contribution in [0.3, 0.4) is 0 Å². The Morgan fingerprint density at radius 2 is 2.05 bits per heavy atom. The Labute approximate surface area is 122 Å². The Balaban J connectivity index is 1.89. The minimum Gasteiger partial charge on any atom is -0.475 e. The number of nitrogens with zero attached hydrogens (tertiary/aromatic N) is 3. The average molecular weight is 287 g/mol. The van der Waals surface area contributed by atoms with E-state index in [1.54, 1.807) is 0 Å². The molecule has 1 fully saturated rings. The Hall–Kier alpha value is -2.34. The van der Waals surface area contributed by atoms with Crippen molar-refractivity contribution in [2.24, 2.45) is 0 Å². The molecular formula is C15H17N3O3. The van der Waals surface area contributed by atoms with Crippen LogP contribution in [0, 0.1) is 0 Å². The molecule has 2 heterocycles. The molecule has 1 aromatic carbocycles. The van der Waals surface area contributed by atoms with Crippen molar-refractivity contribution in [2.45, 2.75) is 0 Å². The van der Waals surface area contributed by atoms with Gasteiger partial charge in [-0.2, -0.15) is 0 Å². The largest absolute Gasteiger partial charge is 0.475 e.